The van der Waals surface area contributed by atoms with Crippen molar-refractivity contribution in [2.24, 2.45) is 0 Å². The molecule has 0 saturated carbocycles. The van der Waals surface area contributed by atoms with Gasteiger partial charge < -0.3 is 10.3 Å². The molecule has 0 radical (unpaired) electrons. The number of H-pyrrole nitrogens is 1. The number of aromatic amines is 1. The largest absolute Gasteiger partial charge is 0.417 e. The van der Waals surface area contributed by atoms with Crippen LogP contribution in [-0.4, -0.2) is 17.2 Å². The highest BCUT2D eigenvalue weighted by molar-refractivity contribution is 5.85. The first-order valence-corrected chi connectivity index (χ1v) is 7.10. The third-order valence-electron chi connectivity index (χ3n) is 3.46. The number of hydrogen-bond donors (Lipinski definition) is 2. The lowest BCUT2D eigenvalue weighted by Gasteiger charge is -2.22. The fraction of sp³-hybridized carbons (Fsp3) is 0.400. The number of benzene rings is 1. The molecule has 0 aliphatic rings. The first-order chi connectivity index (χ1) is 11.0. The Morgan fingerprint density at radius 2 is 1.79 bits per heavy atom. The minimum atomic E-state index is -4.79. The summed E-state index contributed by atoms with van der Waals surface area (Å²) < 4.78 is 78.0. The van der Waals surface area contributed by atoms with Crippen molar-refractivity contribution in [1.29, 1.82) is 0 Å². The molecule has 1 atom stereocenters. The summed E-state index contributed by atoms with van der Waals surface area (Å²) in [5.41, 5.74) is -2.33. The Morgan fingerprint density at radius 1 is 1.12 bits per heavy atom. The quantitative estimate of drug-likeness (QED) is 0.784. The van der Waals surface area contributed by atoms with Gasteiger partial charge in [0.05, 0.1) is 5.56 Å². The van der Waals surface area contributed by atoms with Gasteiger partial charge in [0.1, 0.15) is 6.04 Å². The van der Waals surface area contributed by atoms with Crippen molar-refractivity contribution in [3.8, 4) is 0 Å². The summed E-state index contributed by atoms with van der Waals surface area (Å²) in [5, 5.41) is 1.85. The molecule has 3 nitrogen and oxygen atoms in total. The Balaban J connectivity index is 2.51. The molecule has 0 saturated heterocycles. The van der Waals surface area contributed by atoms with Crippen molar-refractivity contribution in [2.45, 2.75) is 38.2 Å². The maximum atomic E-state index is 13.0. The van der Waals surface area contributed by atoms with E-state index in [0.717, 1.165) is 12.1 Å². The highest BCUT2D eigenvalue weighted by atomic mass is 19.4. The molecule has 132 valence electrons. The Bertz CT molecular complexity index is 778. The molecular formula is C15H14F6N2O. The van der Waals surface area contributed by atoms with Gasteiger partial charge in [-0.3, -0.25) is 4.79 Å². The van der Waals surface area contributed by atoms with Crippen LogP contribution < -0.4 is 10.9 Å². The predicted molar refractivity (Wildman–Crippen MR) is 77.9 cm³/mol. The zero-order valence-corrected chi connectivity index (χ0v) is 12.5. The molecule has 0 spiro atoms. The molecule has 0 bridgehead atoms. The zero-order valence-electron chi connectivity index (χ0n) is 12.5. The van der Waals surface area contributed by atoms with Gasteiger partial charge in [-0.05, 0) is 24.6 Å². The minimum Gasteiger partial charge on any atom is -0.374 e. The first kappa shape index (κ1) is 18.2. The van der Waals surface area contributed by atoms with Gasteiger partial charge >= 0.3 is 12.4 Å². The number of hydrogen-bond acceptors (Lipinski definition) is 2. The number of halogens is 6. The fourth-order valence-corrected chi connectivity index (χ4v) is 2.39. The summed E-state index contributed by atoms with van der Waals surface area (Å²) in [4.78, 5) is 13.5. The first-order valence-electron chi connectivity index (χ1n) is 7.10. The monoisotopic (exact) mass is 352 g/mol. The highest BCUT2D eigenvalue weighted by Gasteiger charge is 2.39. The number of aromatic nitrogens is 1. The maximum Gasteiger partial charge on any atom is 0.417 e. The molecule has 1 heterocycles. The molecule has 2 rings (SSSR count). The van der Waals surface area contributed by atoms with Crippen molar-refractivity contribution in [3.05, 3.63) is 40.2 Å². The van der Waals surface area contributed by atoms with Gasteiger partial charge in [-0.25, -0.2) is 0 Å². The molecule has 0 amide bonds. The second-order valence-corrected chi connectivity index (χ2v) is 5.33. The average Bonchev–Trinajstić information content (AvgIpc) is 2.44. The molecule has 9 heteroatoms. The van der Waals surface area contributed by atoms with Crippen LogP contribution in [0.1, 0.15) is 25.3 Å². The minimum absolute atomic E-state index is 0.0978. The van der Waals surface area contributed by atoms with Crippen LogP contribution >= 0.6 is 0 Å². The number of fused-ring (bicyclic) bond motifs is 1. The van der Waals surface area contributed by atoms with Gasteiger partial charge in [0, 0.05) is 22.7 Å². The topological polar surface area (TPSA) is 44.9 Å². The smallest absolute Gasteiger partial charge is 0.374 e. The number of anilines is 1. The van der Waals surface area contributed by atoms with Gasteiger partial charge in [-0.2, -0.15) is 26.3 Å². The standard InChI is InChI=1S/C15H14F6N2O/c1-2-3-12(15(19,20)21)22-8-4-5-11-9(6-8)10(14(16,17)18)7-13(24)23-11/h4-7,12,22H,2-3H2,1H3,(H,23,24). The molecule has 0 aliphatic heterocycles. The lowest BCUT2D eigenvalue weighted by atomic mass is 10.1. The van der Waals surface area contributed by atoms with Gasteiger partial charge in [-0.15, -0.1) is 0 Å². The van der Waals surface area contributed by atoms with E-state index >= 15 is 0 Å². The Hall–Kier alpha value is -2.19. The number of nitrogens with one attached hydrogen (secondary N) is 2. The molecule has 0 aliphatic carbocycles. The van der Waals surface area contributed by atoms with Crippen LogP contribution in [0.5, 0.6) is 0 Å². The van der Waals surface area contributed by atoms with E-state index in [2.05, 4.69) is 10.3 Å². The van der Waals surface area contributed by atoms with Gasteiger partial charge in [0.2, 0.25) is 5.56 Å². The Morgan fingerprint density at radius 3 is 2.33 bits per heavy atom. The lowest BCUT2D eigenvalue weighted by Crippen LogP contribution is -2.36. The van der Waals surface area contributed by atoms with Crippen LogP contribution in [0.25, 0.3) is 10.9 Å². The normalized spacial score (nSPS) is 14.0. The van der Waals surface area contributed by atoms with E-state index in [-0.39, 0.29) is 29.4 Å². The molecule has 24 heavy (non-hydrogen) atoms. The zero-order chi connectivity index (χ0) is 18.1. The Kier molecular flexibility index (Phi) is 4.82. The molecule has 2 aromatic rings. The molecular weight excluding hydrogens is 338 g/mol. The second kappa shape index (κ2) is 6.37. The summed E-state index contributed by atoms with van der Waals surface area (Å²) in [6.07, 6.45) is -9.27. The van der Waals surface area contributed by atoms with Crippen LogP contribution in [0.3, 0.4) is 0 Å². The summed E-state index contributed by atoms with van der Waals surface area (Å²) >= 11 is 0. The third kappa shape index (κ3) is 4.01. The van der Waals surface area contributed by atoms with Gasteiger partial charge in [0.25, 0.3) is 0 Å². The van der Waals surface area contributed by atoms with Crippen LogP contribution in [0.15, 0.2) is 29.1 Å². The average molecular weight is 352 g/mol. The van der Waals surface area contributed by atoms with Gasteiger partial charge in [0.15, 0.2) is 0 Å². The van der Waals surface area contributed by atoms with E-state index in [9.17, 15) is 31.1 Å². The predicted octanol–water partition coefficient (Wildman–Crippen LogP) is 4.69. The van der Waals surface area contributed by atoms with Crippen molar-refractivity contribution in [1.82, 2.24) is 4.98 Å². The lowest BCUT2D eigenvalue weighted by molar-refractivity contribution is -0.143. The molecule has 0 fully saturated rings. The van der Waals surface area contributed by atoms with Crippen molar-refractivity contribution in [3.63, 3.8) is 0 Å². The number of pyridine rings is 1. The molecule has 1 aromatic heterocycles. The maximum absolute atomic E-state index is 13.0. The van der Waals surface area contributed by atoms with Crippen molar-refractivity contribution >= 4 is 16.6 Å². The SMILES string of the molecule is CCCC(Nc1ccc2[nH]c(=O)cc(C(F)(F)F)c2c1)C(F)(F)F. The summed E-state index contributed by atoms with van der Waals surface area (Å²) in [5.74, 6) is 0. The molecule has 2 N–H and O–H groups in total. The number of rotatable bonds is 4. The van der Waals surface area contributed by atoms with Gasteiger partial charge in [-0.1, -0.05) is 13.3 Å². The van der Waals surface area contributed by atoms with Crippen LogP contribution in [0, 0.1) is 0 Å². The third-order valence-corrected chi connectivity index (χ3v) is 3.46. The number of alkyl halides is 6. The summed E-state index contributed by atoms with van der Waals surface area (Å²) in [6, 6.07) is 1.83. The Labute approximate surface area is 132 Å². The van der Waals surface area contributed by atoms with E-state index in [4.69, 9.17) is 0 Å². The van der Waals surface area contributed by atoms with Crippen LogP contribution in [0.4, 0.5) is 32.0 Å². The van der Waals surface area contributed by atoms with E-state index in [1.54, 1.807) is 6.92 Å². The molecule has 1 aromatic carbocycles. The fourth-order valence-electron chi connectivity index (χ4n) is 2.39. The summed E-state index contributed by atoms with van der Waals surface area (Å²) in [6.45, 7) is 1.58. The second-order valence-electron chi connectivity index (χ2n) is 5.33. The van der Waals surface area contributed by atoms with Crippen molar-refractivity contribution in [2.75, 3.05) is 5.32 Å². The van der Waals surface area contributed by atoms with E-state index in [1.807, 2.05) is 0 Å². The van der Waals surface area contributed by atoms with E-state index < -0.39 is 29.5 Å². The summed E-state index contributed by atoms with van der Waals surface area (Å²) in [7, 11) is 0. The van der Waals surface area contributed by atoms with Crippen molar-refractivity contribution < 1.29 is 26.3 Å². The van der Waals surface area contributed by atoms with Crippen LogP contribution in [0.2, 0.25) is 0 Å². The molecule has 1 unspecified atom stereocenters. The van der Waals surface area contributed by atoms with Crippen LogP contribution in [-0.2, 0) is 6.18 Å². The van der Waals surface area contributed by atoms with E-state index in [1.165, 1.54) is 6.07 Å². The highest BCUT2D eigenvalue weighted by Crippen LogP contribution is 2.35. The van der Waals surface area contributed by atoms with E-state index in [0.29, 0.717) is 6.07 Å².